The largest absolute Gasteiger partial charge is 0.493 e. The molecule has 3 nitrogen and oxygen atoms in total. The van der Waals surface area contributed by atoms with E-state index in [0.29, 0.717) is 18.1 Å². The van der Waals surface area contributed by atoms with Crippen LogP contribution in [-0.2, 0) is 6.42 Å². The van der Waals surface area contributed by atoms with Gasteiger partial charge in [0.15, 0.2) is 0 Å². The number of ether oxygens (including phenoxy) is 1. The first-order chi connectivity index (χ1) is 10.2. The Morgan fingerprint density at radius 2 is 1.86 bits per heavy atom. The van der Waals surface area contributed by atoms with Gasteiger partial charge in [-0.05, 0) is 23.8 Å². The van der Waals surface area contributed by atoms with Gasteiger partial charge in [0.2, 0.25) is 5.56 Å². The van der Waals surface area contributed by atoms with Crippen LogP contribution in [0.5, 0.6) is 5.75 Å². The number of nitrogens with one attached hydrogen (secondary N) is 1. The van der Waals surface area contributed by atoms with Crippen molar-refractivity contribution in [3.63, 3.8) is 0 Å². The van der Waals surface area contributed by atoms with Crippen molar-refractivity contribution in [3.05, 3.63) is 75.7 Å². The Labute approximate surface area is 127 Å². The van der Waals surface area contributed by atoms with Gasteiger partial charge in [0.25, 0.3) is 0 Å². The number of hydrogen-bond acceptors (Lipinski definition) is 2. The predicted octanol–water partition coefficient (Wildman–Crippen LogP) is 3.80. The molecule has 0 bridgehead atoms. The highest BCUT2D eigenvalue weighted by Gasteiger charge is 2.05. The molecule has 3 aromatic rings. The second-order valence-corrected chi connectivity index (χ2v) is 5.16. The number of hydrogen-bond donors (Lipinski definition) is 1. The summed E-state index contributed by atoms with van der Waals surface area (Å²) in [5.41, 5.74) is 0.862. The van der Waals surface area contributed by atoms with Gasteiger partial charge < -0.3 is 9.72 Å². The van der Waals surface area contributed by atoms with Crippen molar-refractivity contribution in [1.82, 2.24) is 4.98 Å². The Bertz CT molecular complexity index is 826. The normalized spacial score (nSPS) is 10.7. The molecule has 2 aromatic carbocycles. The standard InChI is InChI=1S/C17H14ClNO2/c18-15-5-6-16(14-4-2-1-3-13(14)15)21-10-8-12-7-9-19-17(20)11-12/h1-7,9,11H,8,10H2,(H,19,20). The van der Waals surface area contributed by atoms with Gasteiger partial charge in [-0.25, -0.2) is 0 Å². The molecule has 0 amide bonds. The fourth-order valence-electron chi connectivity index (χ4n) is 2.28. The minimum Gasteiger partial charge on any atom is -0.493 e. The quantitative estimate of drug-likeness (QED) is 0.796. The van der Waals surface area contributed by atoms with Crippen molar-refractivity contribution in [3.8, 4) is 5.75 Å². The van der Waals surface area contributed by atoms with Gasteiger partial charge in [-0.1, -0.05) is 35.9 Å². The second kappa shape index (κ2) is 6.02. The van der Waals surface area contributed by atoms with E-state index in [1.807, 2.05) is 42.5 Å². The summed E-state index contributed by atoms with van der Waals surface area (Å²) in [6.45, 7) is 0.509. The fourth-order valence-corrected chi connectivity index (χ4v) is 2.51. The number of halogens is 1. The first kappa shape index (κ1) is 13.7. The SMILES string of the molecule is O=c1cc(CCOc2ccc(Cl)c3ccccc23)cc[nH]1. The van der Waals surface area contributed by atoms with E-state index in [0.717, 1.165) is 22.1 Å². The summed E-state index contributed by atoms with van der Waals surface area (Å²) in [4.78, 5) is 13.8. The van der Waals surface area contributed by atoms with Crippen LogP contribution in [0.3, 0.4) is 0 Å². The van der Waals surface area contributed by atoms with Gasteiger partial charge >= 0.3 is 0 Å². The first-order valence-corrected chi connectivity index (χ1v) is 7.09. The highest BCUT2D eigenvalue weighted by Crippen LogP contribution is 2.31. The average Bonchev–Trinajstić information content (AvgIpc) is 2.50. The van der Waals surface area contributed by atoms with Crippen LogP contribution >= 0.6 is 11.6 Å². The summed E-state index contributed by atoms with van der Waals surface area (Å²) < 4.78 is 5.85. The molecule has 1 heterocycles. The molecule has 0 aliphatic carbocycles. The van der Waals surface area contributed by atoms with Gasteiger partial charge in [0.05, 0.1) is 6.61 Å². The second-order valence-electron chi connectivity index (χ2n) is 4.75. The maximum atomic E-state index is 11.2. The maximum absolute atomic E-state index is 11.2. The molecule has 0 spiro atoms. The van der Waals surface area contributed by atoms with Crippen molar-refractivity contribution >= 4 is 22.4 Å². The lowest BCUT2D eigenvalue weighted by Crippen LogP contribution is -2.07. The summed E-state index contributed by atoms with van der Waals surface area (Å²) >= 11 is 6.18. The Morgan fingerprint density at radius 3 is 2.67 bits per heavy atom. The third kappa shape index (κ3) is 3.09. The zero-order valence-corrected chi connectivity index (χ0v) is 12.1. The van der Waals surface area contributed by atoms with Crippen molar-refractivity contribution < 1.29 is 4.74 Å². The molecule has 3 rings (SSSR count). The Balaban J connectivity index is 1.77. The lowest BCUT2D eigenvalue weighted by atomic mass is 10.1. The van der Waals surface area contributed by atoms with Crippen molar-refractivity contribution in [1.29, 1.82) is 0 Å². The molecule has 0 fully saturated rings. The smallest absolute Gasteiger partial charge is 0.248 e. The van der Waals surface area contributed by atoms with Crippen LogP contribution in [0.4, 0.5) is 0 Å². The molecular weight excluding hydrogens is 286 g/mol. The third-order valence-corrected chi connectivity index (χ3v) is 3.65. The highest BCUT2D eigenvalue weighted by atomic mass is 35.5. The lowest BCUT2D eigenvalue weighted by molar-refractivity contribution is 0.325. The Morgan fingerprint density at radius 1 is 1.05 bits per heavy atom. The molecule has 0 radical (unpaired) electrons. The van der Waals surface area contributed by atoms with Crippen LogP contribution in [-0.4, -0.2) is 11.6 Å². The molecule has 0 unspecified atom stereocenters. The first-order valence-electron chi connectivity index (χ1n) is 6.72. The van der Waals surface area contributed by atoms with E-state index in [1.165, 1.54) is 0 Å². The van der Waals surface area contributed by atoms with E-state index in [1.54, 1.807) is 12.3 Å². The van der Waals surface area contributed by atoms with Gasteiger partial charge in [-0.3, -0.25) is 4.79 Å². The molecule has 1 aromatic heterocycles. The van der Waals surface area contributed by atoms with Gasteiger partial charge in [-0.2, -0.15) is 0 Å². The van der Waals surface area contributed by atoms with Crippen molar-refractivity contribution in [2.75, 3.05) is 6.61 Å². The fraction of sp³-hybridized carbons (Fsp3) is 0.118. The summed E-state index contributed by atoms with van der Waals surface area (Å²) in [7, 11) is 0. The summed E-state index contributed by atoms with van der Waals surface area (Å²) in [6, 6.07) is 15.1. The number of fused-ring (bicyclic) bond motifs is 1. The molecular formula is C17H14ClNO2. The summed E-state index contributed by atoms with van der Waals surface area (Å²) in [5, 5.41) is 2.69. The van der Waals surface area contributed by atoms with Crippen LogP contribution < -0.4 is 10.3 Å². The molecule has 0 aliphatic heterocycles. The third-order valence-electron chi connectivity index (χ3n) is 3.32. The van der Waals surface area contributed by atoms with Crippen molar-refractivity contribution in [2.24, 2.45) is 0 Å². The molecule has 106 valence electrons. The monoisotopic (exact) mass is 299 g/mol. The summed E-state index contributed by atoms with van der Waals surface area (Å²) in [6.07, 6.45) is 2.33. The van der Waals surface area contributed by atoms with Crippen LogP contribution in [0.15, 0.2) is 59.5 Å². The predicted molar refractivity (Wildman–Crippen MR) is 85.2 cm³/mol. The van der Waals surface area contributed by atoms with Gasteiger partial charge in [0, 0.05) is 34.5 Å². The molecule has 0 aliphatic rings. The van der Waals surface area contributed by atoms with Gasteiger partial charge in [-0.15, -0.1) is 0 Å². The lowest BCUT2D eigenvalue weighted by Gasteiger charge is -2.10. The number of aromatic nitrogens is 1. The molecule has 0 saturated carbocycles. The molecule has 21 heavy (non-hydrogen) atoms. The van der Waals surface area contributed by atoms with Crippen LogP contribution in [0, 0.1) is 0 Å². The zero-order valence-electron chi connectivity index (χ0n) is 11.3. The Kier molecular flexibility index (Phi) is 3.93. The molecule has 4 heteroatoms. The number of H-pyrrole nitrogens is 1. The van der Waals surface area contributed by atoms with E-state index in [9.17, 15) is 4.79 Å². The molecule has 0 saturated heterocycles. The Hall–Kier alpha value is -2.26. The summed E-state index contributed by atoms with van der Waals surface area (Å²) in [5.74, 6) is 0.805. The molecule has 0 atom stereocenters. The highest BCUT2D eigenvalue weighted by molar-refractivity contribution is 6.35. The van der Waals surface area contributed by atoms with Gasteiger partial charge in [0.1, 0.15) is 5.75 Å². The maximum Gasteiger partial charge on any atom is 0.248 e. The minimum absolute atomic E-state index is 0.0931. The topological polar surface area (TPSA) is 42.1 Å². The molecule has 1 N–H and O–H groups in total. The number of aromatic amines is 1. The van der Waals surface area contributed by atoms with Crippen molar-refractivity contribution in [2.45, 2.75) is 6.42 Å². The number of benzene rings is 2. The zero-order chi connectivity index (χ0) is 14.7. The van der Waals surface area contributed by atoms with E-state index in [2.05, 4.69) is 4.98 Å². The van der Waals surface area contributed by atoms with Crippen LogP contribution in [0.2, 0.25) is 5.02 Å². The van der Waals surface area contributed by atoms with E-state index in [4.69, 9.17) is 16.3 Å². The number of pyridine rings is 1. The average molecular weight is 300 g/mol. The van der Waals surface area contributed by atoms with E-state index >= 15 is 0 Å². The van der Waals surface area contributed by atoms with Crippen LogP contribution in [0.25, 0.3) is 10.8 Å². The van der Waals surface area contributed by atoms with E-state index < -0.39 is 0 Å². The van der Waals surface area contributed by atoms with E-state index in [-0.39, 0.29) is 5.56 Å². The minimum atomic E-state index is -0.0931. The van der Waals surface area contributed by atoms with Crippen LogP contribution in [0.1, 0.15) is 5.56 Å². The number of rotatable bonds is 4.